The molecule has 0 aromatic heterocycles. The smallest absolute Gasteiger partial charge is 0.395 e. The van der Waals surface area contributed by atoms with Crippen molar-refractivity contribution in [3.05, 3.63) is 0 Å². The average Bonchev–Trinajstić information content (AvgIpc) is 2.52. The van der Waals surface area contributed by atoms with E-state index in [1.807, 2.05) is 0 Å². The van der Waals surface area contributed by atoms with Gasteiger partial charge in [0.15, 0.2) is 0 Å². The van der Waals surface area contributed by atoms with Crippen LogP contribution < -0.4 is 0 Å². The third-order valence-corrected chi connectivity index (χ3v) is 6.04. The first-order valence-corrected chi connectivity index (χ1v) is 9.31. The molecular weight excluding hydrogens is 394 g/mol. The number of hydroxylamine groups is 3. The molecule has 26 heavy (non-hydrogen) atoms. The van der Waals surface area contributed by atoms with Crippen molar-refractivity contribution in [1.29, 1.82) is 0 Å². The van der Waals surface area contributed by atoms with Crippen LogP contribution in [0.3, 0.4) is 0 Å². The van der Waals surface area contributed by atoms with E-state index < -0.39 is 58.4 Å². The lowest BCUT2D eigenvalue weighted by atomic mass is 10.2. The second-order valence-electron chi connectivity index (χ2n) is 5.91. The highest BCUT2D eigenvalue weighted by atomic mass is 32.2. The molecule has 0 saturated carbocycles. The number of aliphatic hydroxyl groups is 1. The third-order valence-electron chi connectivity index (χ3n) is 4.09. The lowest BCUT2D eigenvalue weighted by Crippen LogP contribution is -2.60. The number of sulfonamides is 1. The van der Waals surface area contributed by atoms with Gasteiger partial charge in [-0.2, -0.15) is 35.3 Å². The number of quaternary nitrogens is 1. The molecule has 6 nitrogen and oxygen atoms in total. The second kappa shape index (κ2) is 8.59. The molecule has 0 aromatic rings. The highest BCUT2D eigenvalue weighted by molar-refractivity contribution is 7.90. The van der Waals surface area contributed by atoms with E-state index in [1.54, 1.807) is 13.8 Å². The van der Waals surface area contributed by atoms with Crippen LogP contribution in [0.5, 0.6) is 0 Å². The molecule has 0 aliphatic rings. The van der Waals surface area contributed by atoms with E-state index in [-0.39, 0.29) is 30.4 Å². The summed E-state index contributed by atoms with van der Waals surface area (Å²) < 4.78 is 103. The largest absolute Gasteiger partial charge is 0.427 e. The second-order valence-corrected chi connectivity index (χ2v) is 7.89. The van der Waals surface area contributed by atoms with Crippen molar-refractivity contribution < 1.29 is 49.7 Å². The fourth-order valence-electron chi connectivity index (χ4n) is 2.12. The molecular formula is C13H25F6N2O4S+. The zero-order valence-corrected chi connectivity index (χ0v) is 15.5. The minimum atomic E-state index is -6.21. The monoisotopic (exact) mass is 419 g/mol. The summed E-state index contributed by atoms with van der Waals surface area (Å²) in [5.74, 6) is -11.5. The van der Waals surface area contributed by atoms with Gasteiger partial charge in [0, 0.05) is 26.4 Å². The summed E-state index contributed by atoms with van der Waals surface area (Å²) in [6.07, 6.45) is -0.221. The van der Waals surface area contributed by atoms with Gasteiger partial charge in [0.05, 0.1) is 6.61 Å². The minimum Gasteiger partial charge on any atom is -0.395 e. The van der Waals surface area contributed by atoms with Gasteiger partial charge in [-0.25, -0.2) is 13.6 Å². The summed E-state index contributed by atoms with van der Waals surface area (Å²) in [5, 5.41) is 12.8. The van der Waals surface area contributed by atoms with Crippen LogP contribution in [0.15, 0.2) is 0 Å². The van der Waals surface area contributed by atoms with E-state index in [4.69, 9.17) is 5.11 Å². The summed E-state index contributed by atoms with van der Waals surface area (Å²) in [7, 11) is -6.21. The molecule has 0 atom stereocenters. The minimum absolute atomic E-state index is 0.0870. The van der Waals surface area contributed by atoms with Crippen molar-refractivity contribution in [3.8, 4) is 0 Å². The van der Waals surface area contributed by atoms with Crippen molar-refractivity contribution in [2.75, 3.05) is 39.3 Å². The molecule has 158 valence electrons. The Morgan fingerprint density at radius 3 is 1.81 bits per heavy atom. The highest BCUT2D eigenvalue weighted by Crippen LogP contribution is 2.49. The maximum atomic E-state index is 13.8. The van der Waals surface area contributed by atoms with Crippen LogP contribution in [-0.4, -0.2) is 84.1 Å². The van der Waals surface area contributed by atoms with Crippen molar-refractivity contribution in [2.24, 2.45) is 0 Å². The molecule has 13 heteroatoms. The Bertz CT molecular complexity index is 549. The first-order valence-electron chi connectivity index (χ1n) is 7.87. The maximum Gasteiger partial charge on any atom is 0.427 e. The predicted octanol–water partition coefficient (Wildman–Crippen LogP) is 2.13. The topological polar surface area (TPSA) is 77.8 Å². The fraction of sp³-hybridized carbons (Fsp3) is 1.00. The lowest BCUT2D eigenvalue weighted by Gasteiger charge is -2.34. The molecule has 0 rings (SSSR count). The molecule has 0 amide bonds. The van der Waals surface area contributed by atoms with E-state index in [2.05, 4.69) is 0 Å². The number of hydrogen-bond donors (Lipinski definition) is 2. The molecule has 0 heterocycles. The lowest BCUT2D eigenvalue weighted by molar-refractivity contribution is -1.10. The van der Waals surface area contributed by atoms with Crippen LogP contribution in [-0.2, 0) is 10.0 Å². The number of nitrogens with zero attached hydrogens (tertiary/aromatic N) is 2. The van der Waals surface area contributed by atoms with Gasteiger partial charge in [-0.1, -0.05) is 0 Å². The molecule has 0 unspecified atom stereocenters. The van der Waals surface area contributed by atoms with E-state index in [9.17, 15) is 40.0 Å². The number of hydrogen-bond acceptors (Lipinski definition) is 4. The van der Waals surface area contributed by atoms with Gasteiger partial charge in [-0.3, -0.25) is 0 Å². The predicted molar refractivity (Wildman–Crippen MR) is 80.7 cm³/mol. The van der Waals surface area contributed by atoms with Crippen LogP contribution in [0.25, 0.3) is 0 Å². The number of halogens is 6. The van der Waals surface area contributed by atoms with E-state index in [0.29, 0.717) is 0 Å². The van der Waals surface area contributed by atoms with E-state index in [1.165, 1.54) is 0 Å². The Hall–Kier alpha value is -0.630. The van der Waals surface area contributed by atoms with Crippen LogP contribution in [0.2, 0.25) is 0 Å². The SMILES string of the molecule is CC[N+](O)(CC)CCCN(CCO)S(=O)(=O)C(F)(F)C(F)(F)C(C)(F)F. The normalized spacial score (nSPS) is 14.9. The Labute approximate surface area is 148 Å². The molecule has 0 bridgehead atoms. The Morgan fingerprint density at radius 1 is 1.00 bits per heavy atom. The molecule has 0 aliphatic heterocycles. The summed E-state index contributed by atoms with van der Waals surface area (Å²) in [6.45, 7) is 0.358. The molecule has 2 N–H and O–H groups in total. The van der Waals surface area contributed by atoms with Gasteiger partial charge >= 0.3 is 17.1 Å². The van der Waals surface area contributed by atoms with E-state index in [0.717, 1.165) is 0 Å². The van der Waals surface area contributed by atoms with Crippen LogP contribution >= 0.6 is 0 Å². The van der Waals surface area contributed by atoms with Gasteiger partial charge in [-0.15, -0.1) is 0 Å². The highest BCUT2D eigenvalue weighted by Gasteiger charge is 2.76. The van der Waals surface area contributed by atoms with Gasteiger partial charge in [0.2, 0.25) is 0 Å². The van der Waals surface area contributed by atoms with Gasteiger partial charge in [-0.05, 0) is 13.8 Å². The molecule has 0 radical (unpaired) electrons. The molecule has 0 spiro atoms. The van der Waals surface area contributed by atoms with Crippen LogP contribution in [0, 0.1) is 0 Å². The summed E-state index contributed by atoms with van der Waals surface area (Å²) in [6, 6.07) is 0. The molecule has 0 aliphatic carbocycles. The fourth-order valence-corrected chi connectivity index (χ4v) is 3.64. The Balaban J connectivity index is 5.58. The average molecular weight is 419 g/mol. The van der Waals surface area contributed by atoms with Crippen molar-refractivity contribution in [2.45, 2.75) is 44.3 Å². The summed E-state index contributed by atoms with van der Waals surface area (Å²) in [4.78, 5) is 0. The van der Waals surface area contributed by atoms with Crippen molar-refractivity contribution in [3.63, 3.8) is 0 Å². The maximum absolute atomic E-state index is 13.8. The van der Waals surface area contributed by atoms with Crippen molar-refractivity contribution >= 4 is 10.0 Å². The molecule has 0 aromatic carbocycles. The number of rotatable bonds is 12. The van der Waals surface area contributed by atoms with Crippen LogP contribution in [0.1, 0.15) is 27.2 Å². The Morgan fingerprint density at radius 2 is 1.46 bits per heavy atom. The number of alkyl halides is 6. The van der Waals surface area contributed by atoms with Crippen LogP contribution in [0.4, 0.5) is 26.3 Å². The summed E-state index contributed by atoms with van der Waals surface area (Å²) >= 11 is 0. The van der Waals surface area contributed by atoms with Gasteiger partial charge < -0.3 is 5.11 Å². The first-order chi connectivity index (χ1) is 11.5. The quantitative estimate of drug-likeness (QED) is 0.289. The molecule has 0 saturated heterocycles. The van der Waals surface area contributed by atoms with Gasteiger partial charge in [0.25, 0.3) is 10.0 Å². The van der Waals surface area contributed by atoms with E-state index >= 15 is 0 Å². The Kier molecular flexibility index (Phi) is 8.38. The molecule has 0 fully saturated rings. The van der Waals surface area contributed by atoms with Crippen molar-refractivity contribution in [1.82, 2.24) is 4.31 Å². The first kappa shape index (κ1) is 25.4. The zero-order valence-electron chi connectivity index (χ0n) is 14.7. The third kappa shape index (κ3) is 5.00. The number of aliphatic hydroxyl groups excluding tert-OH is 1. The standard InChI is InChI=1S/C13H25F6N2O4S/c1-4-21(23,5-2)9-6-7-20(8-10-22)26(24,25)13(18,19)12(16,17)11(3,14)15/h22-23H,4-10H2,1-3H3/q+1. The van der Waals surface area contributed by atoms with Gasteiger partial charge in [0.1, 0.15) is 19.6 Å². The summed E-state index contributed by atoms with van der Waals surface area (Å²) in [5.41, 5.74) is 0. The zero-order chi connectivity index (χ0) is 21.0.